The number of benzene rings is 1. The molecule has 4 heteroatoms. The molecule has 1 aliphatic rings. The zero-order valence-electron chi connectivity index (χ0n) is 8.81. The van der Waals surface area contributed by atoms with Crippen molar-refractivity contribution in [3.05, 3.63) is 41.1 Å². The molecule has 0 N–H and O–H groups in total. The van der Waals surface area contributed by atoms with E-state index < -0.39 is 0 Å². The van der Waals surface area contributed by atoms with E-state index >= 15 is 0 Å². The summed E-state index contributed by atoms with van der Waals surface area (Å²) in [6.07, 6.45) is 4.04. The third-order valence-electron chi connectivity index (χ3n) is 2.70. The zero-order valence-corrected chi connectivity index (χ0v) is 9.57. The molecule has 0 aliphatic carbocycles. The second-order valence-electron chi connectivity index (χ2n) is 3.76. The predicted octanol–water partition coefficient (Wildman–Crippen LogP) is 2.59. The smallest absolute Gasteiger partial charge is 0.118 e. The van der Waals surface area contributed by atoms with E-state index in [2.05, 4.69) is 10.1 Å². The number of hydrogen-bond donors (Lipinski definition) is 0. The van der Waals surface area contributed by atoms with E-state index in [1.807, 2.05) is 42.1 Å². The van der Waals surface area contributed by atoms with Crippen LogP contribution in [0.1, 0.15) is 5.69 Å². The molecule has 0 saturated heterocycles. The monoisotopic (exact) mass is 231 g/mol. The predicted molar refractivity (Wildman–Crippen MR) is 66.3 cm³/mol. The SMILES string of the molecule is Cn1nc(C2=NCC=C2)c2ccc(Cl)cc21. The fourth-order valence-electron chi connectivity index (χ4n) is 1.94. The number of fused-ring (bicyclic) bond motifs is 1. The molecule has 80 valence electrons. The van der Waals surface area contributed by atoms with Gasteiger partial charge < -0.3 is 0 Å². The fraction of sp³-hybridized carbons (Fsp3) is 0.167. The molecule has 0 bridgehead atoms. The molecule has 0 saturated carbocycles. The van der Waals surface area contributed by atoms with Gasteiger partial charge in [-0.2, -0.15) is 5.10 Å². The molecule has 16 heavy (non-hydrogen) atoms. The molecule has 0 atom stereocenters. The van der Waals surface area contributed by atoms with E-state index in [1.165, 1.54) is 0 Å². The van der Waals surface area contributed by atoms with E-state index in [0.717, 1.165) is 33.9 Å². The van der Waals surface area contributed by atoms with Gasteiger partial charge in [0.2, 0.25) is 0 Å². The van der Waals surface area contributed by atoms with Gasteiger partial charge in [0.1, 0.15) is 5.69 Å². The summed E-state index contributed by atoms with van der Waals surface area (Å²) in [4.78, 5) is 4.39. The highest BCUT2D eigenvalue weighted by Crippen LogP contribution is 2.23. The number of allylic oxidation sites excluding steroid dienone is 1. The van der Waals surface area contributed by atoms with Crippen LogP contribution in [-0.4, -0.2) is 22.0 Å². The van der Waals surface area contributed by atoms with Crippen LogP contribution in [0.25, 0.3) is 10.9 Å². The van der Waals surface area contributed by atoms with E-state index in [1.54, 1.807) is 0 Å². The third-order valence-corrected chi connectivity index (χ3v) is 2.93. The number of aryl methyl sites for hydroxylation is 1. The van der Waals surface area contributed by atoms with Crippen LogP contribution in [0.5, 0.6) is 0 Å². The van der Waals surface area contributed by atoms with Gasteiger partial charge in [0, 0.05) is 17.5 Å². The minimum atomic E-state index is 0.728. The molecule has 2 aromatic rings. The molecule has 1 aliphatic heterocycles. The minimum Gasteiger partial charge on any atom is -0.279 e. The Labute approximate surface area is 98.0 Å². The number of aromatic nitrogens is 2. The van der Waals surface area contributed by atoms with Gasteiger partial charge in [-0.05, 0) is 24.3 Å². The van der Waals surface area contributed by atoms with Crippen molar-refractivity contribution in [2.24, 2.45) is 12.0 Å². The summed E-state index contributed by atoms with van der Waals surface area (Å²) in [5, 5.41) is 6.31. The van der Waals surface area contributed by atoms with Crippen molar-refractivity contribution in [2.75, 3.05) is 6.54 Å². The highest BCUT2D eigenvalue weighted by Gasteiger charge is 2.13. The fourth-order valence-corrected chi connectivity index (χ4v) is 2.11. The maximum absolute atomic E-state index is 5.97. The molecule has 2 heterocycles. The topological polar surface area (TPSA) is 30.2 Å². The number of nitrogens with zero attached hydrogens (tertiary/aromatic N) is 3. The Morgan fingerprint density at radius 3 is 3.00 bits per heavy atom. The standard InChI is InChI=1S/C12H10ClN3/c1-16-11-7-8(13)4-5-9(11)12(15-16)10-3-2-6-14-10/h2-5,7H,6H2,1H3. The van der Waals surface area contributed by atoms with Gasteiger partial charge in [0.25, 0.3) is 0 Å². The van der Waals surface area contributed by atoms with E-state index in [9.17, 15) is 0 Å². The van der Waals surface area contributed by atoms with Crippen LogP contribution in [0.4, 0.5) is 0 Å². The molecule has 0 unspecified atom stereocenters. The number of hydrogen-bond acceptors (Lipinski definition) is 2. The normalized spacial score (nSPS) is 14.8. The Kier molecular flexibility index (Phi) is 2.07. The van der Waals surface area contributed by atoms with Crippen LogP contribution in [0.2, 0.25) is 5.02 Å². The quantitative estimate of drug-likeness (QED) is 0.742. The highest BCUT2D eigenvalue weighted by atomic mass is 35.5. The first kappa shape index (κ1) is 9.60. The number of rotatable bonds is 1. The summed E-state index contributed by atoms with van der Waals surface area (Å²) in [7, 11) is 1.92. The van der Waals surface area contributed by atoms with Gasteiger partial charge in [0.15, 0.2) is 0 Å². The summed E-state index contributed by atoms with van der Waals surface area (Å²) in [5.74, 6) is 0. The minimum absolute atomic E-state index is 0.728. The van der Waals surface area contributed by atoms with E-state index in [0.29, 0.717) is 0 Å². The molecular weight excluding hydrogens is 222 g/mol. The van der Waals surface area contributed by atoms with Crippen molar-refractivity contribution in [3.8, 4) is 0 Å². The van der Waals surface area contributed by atoms with Crippen LogP contribution < -0.4 is 0 Å². The molecule has 1 aromatic heterocycles. The maximum Gasteiger partial charge on any atom is 0.118 e. The Hall–Kier alpha value is -1.61. The Bertz CT molecular complexity index is 622. The largest absolute Gasteiger partial charge is 0.279 e. The lowest BCUT2D eigenvalue weighted by Crippen LogP contribution is -1.97. The van der Waals surface area contributed by atoms with E-state index in [-0.39, 0.29) is 0 Å². The average Bonchev–Trinajstić information content (AvgIpc) is 2.87. The molecule has 0 spiro atoms. The maximum atomic E-state index is 5.97. The van der Waals surface area contributed by atoms with Gasteiger partial charge in [-0.3, -0.25) is 9.67 Å². The van der Waals surface area contributed by atoms with Crippen molar-refractivity contribution in [3.63, 3.8) is 0 Å². The van der Waals surface area contributed by atoms with Crippen LogP contribution in [-0.2, 0) is 7.05 Å². The van der Waals surface area contributed by atoms with Gasteiger partial charge in [-0.15, -0.1) is 0 Å². The van der Waals surface area contributed by atoms with Crippen molar-refractivity contribution >= 4 is 28.2 Å². The molecule has 3 nitrogen and oxygen atoms in total. The lowest BCUT2D eigenvalue weighted by atomic mass is 10.1. The lowest BCUT2D eigenvalue weighted by Gasteiger charge is -1.94. The second-order valence-corrected chi connectivity index (χ2v) is 4.20. The van der Waals surface area contributed by atoms with Gasteiger partial charge in [-0.25, -0.2) is 0 Å². The summed E-state index contributed by atoms with van der Waals surface area (Å²) in [5.41, 5.74) is 2.92. The van der Waals surface area contributed by atoms with Gasteiger partial charge >= 0.3 is 0 Å². The molecule has 1 aromatic carbocycles. The number of aliphatic imine (C=N–C) groups is 1. The molecule has 0 amide bonds. The second kappa shape index (κ2) is 3.46. The highest BCUT2D eigenvalue weighted by molar-refractivity contribution is 6.31. The van der Waals surface area contributed by atoms with Crippen LogP contribution in [0.3, 0.4) is 0 Å². The van der Waals surface area contributed by atoms with E-state index in [4.69, 9.17) is 11.6 Å². The van der Waals surface area contributed by atoms with Crippen molar-refractivity contribution in [1.82, 2.24) is 9.78 Å². The number of halogens is 1. The van der Waals surface area contributed by atoms with Crippen LogP contribution in [0, 0.1) is 0 Å². The van der Waals surface area contributed by atoms with Crippen LogP contribution >= 0.6 is 11.6 Å². The zero-order chi connectivity index (χ0) is 11.1. The average molecular weight is 232 g/mol. The third kappa shape index (κ3) is 1.36. The van der Waals surface area contributed by atoms with Crippen molar-refractivity contribution < 1.29 is 0 Å². The van der Waals surface area contributed by atoms with Crippen LogP contribution in [0.15, 0.2) is 35.3 Å². The molecule has 3 rings (SSSR count). The summed E-state index contributed by atoms with van der Waals surface area (Å²) >= 11 is 5.97. The summed E-state index contributed by atoms with van der Waals surface area (Å²) < 4.78 is 1.84. The molecule has 0 radical (unpaired) electrons. The van der Waals surface area contributed by atoms with Gasteiger partial charge in [-0.1, -0.05) is 17.7 Å². The van der Waals surface area contributed by atoms with Gasteiger partial charge in [0.05, 0.1) is 17.8 Å². The summed E-state index contributed by atoms with van der Waals surface area (Å²) in [6, 6.07) is 5.80. The Morgan fingerprint density at radius 2 is 2.25 bits per heavy atom. The Balaban J connectivity index is 2.30. The first-order valence-corrected chi connectivity index (χ1v) is 5.47. The first-order valence-electron chi connectivity index (χ1n) is 5.09. The molecular formula is C12H10ClN3. The first-order chi connectivity index (χ1) is 7.75. The lowest BCUT2D eigenvalue weighted by molar-refractivity contribution is 0.793. The summed E-state index contributed by atoms with van der Waals surface area (Å²) in [6.45, 7) is 0.751. The van der Waals surface area contributed by atoms with Crippen molar-refractivity contribution in [1.29, 1.82) is 0 Å². The Morgan fingerprint density at radius 1 is 1.38 bits per heavy atom. The molecule has 0 fully saturated rings. The van der Waals surface area contributed by atoms with Crippen molar-refractivity contribution in [2.45, 2.75) is 0 Å².